The van der Waals surface area contributed by atoms with Crippen molar-refractivity contribution in [1.29, 1.82) is 0 Å². The monoisotopic (exact) mass is 358 g/mol. The van der Waals surface area contributed by atoms with Crippen LogP contribution in [0.3, 0.4) is 0 Å². The van der Waals surface area contributed by atoms with Crippen molar-refractivity contribution in [3.05, 3.63) is 16.9 Å². The van der Waals surface area contributed by atoms with Crippen molar-refractivity contribution in [2.45, 2.75) is 27.3 Å². The molecule has 1 fully saturated rings. The minimum Gasteiger partial charge on any atom is -0.353 e. The van der Waals surface area contributed by atoms with Crippen LogP contribution in [0.25, 0.3) is 11.2 Å². The molecular weight excluding hydrogens is 340 g/mol. The van der Waals surface area contributed by atoms with Crippen LogP contribution in [0, 0.1) is 19.8 Å². The number of aryl methyl sites for hydroxylation is 3. The maximum absolute atomic E-state index is 12.4. The van der Waals surface area contributed by atoms with Gasteiger partial charge in [-0.1, -0.05) is 5.21 Å². The maximum atomic E-state index is 12.4. The zero-order valence-corrected chi connectivity index (χ0v) is 15.0. The molecule has 25 heavy (non-hydrogen) atoms. The van der Waals surface area contributed by atoms with Crippen LogP contribution < -0.4 is 10.2 Å². The highest BCUT2D eigenvalue weighted by atomic mass is 32.1. The number of nitrogens with zero attached hydrogens (tertiary/aromatic N) is 7. The summed E-state index contributed by atoms with van der Waals surface area (Å²) in [6.07, 6.45) is 1.52. The molecule has 0 saturated carbocycles. The van der Waals surface area contributed by atoms with Crippen LogP contribution in [0.1, 0.15) is 17.5 Å². The standard InChI is InChI=1S/C15H18N8OS/c1-4-23-13-11(20-21-23)12(16-7-17-13)22-5-10(6-22)14(24)19-15-18-8(2)9(3)25-15/h7,10H,4-6H2,1-3H3,(H,18,19,24). The molecule has 1 saturated heterocycles. The predicted molar refractivity (Wildman–Crippen MR) is 94.7 cm³/mol. The lowest BCUT2D eigenvalue weighted by molar-refractivity contribution is -0.120. The Morgan fingerprint density at radius 1 is 1.36 bits per heavy atom. The first-order valence-electron chi connectivity index (χ1n) is 8.10. The zero-order chi connectivity index (χ0) is 17.6. The van der Waals surface area contributed by atoms with Crippen molar-refractivity contribution >= 4 is 39.4 Å². The fraction of sp³-hybridized carbons (Fsp3) is 0.467. The Morgan fingerprint density at radius 2 is 2.16 bits per heavy atom. The Labute approximate surface area is 148 Å². The smallest absolute Gasteiger partial charge is 0.232 e. The number of aromatic nitrogens is 6. The first-order valence-corrected chi connectivity index (χ1v) is 8.92. The molecule has 0 bridgehead atoms. The lowest BCUT2D eigenvalue weighted by atomic mass is 9.99. The number of carbonyl (C=O) groups excluding carboxylic acids is 1. The lowest BCUT2D eigenvalue weighted by Crippen LogP contribution is -2.52. The maximum Gasteiger partial charge on any atom is 0.232 e. The van der Waals surface area contributed by atoms with E-state index in [1.807, 2.05) is 25.7 Å². The van der Waals surface area contributed by atoms with E-state index in [9.17, 15) is 4.79 Å². The van der Waals surface area contributed by atoms with Crippen LogP contribution >= 0.6 is 11.3 Å². The normalized spacial score (nSPS) is 14.8. The summed E-state index contributed by atoms with van der Waals surface area (Å²) in [5, 5.41) is 11.8. The summed E-state index contributed by atoms with van der Waals surface area (Å²) in [7, 11) is 0. The number of hydrogen-bond donors (Lipinski definition) is 1. The highest BCUT2D eigenvalue weighted by molar-refractivity contribution is 7.15. The first kappa shape index (κ1) is 15.9. The van der Waals surface area contributed by atoms with E-state index in [1.54, 1.807) is 4.68 Å². The van der Waals surface area contributed by atoms with Gasteiger partial charge < -0.3 is 10.2 Å². The third-order valence-electron chi connectivity index (χ3n) is 4.39. The molecule has 0 spiro atoms. The second-order valence-corrected chi connectivity index (χ2v) is 7.23. The van der Waals surface area contributed by atoms with Crippen LogP contribution in [-0.2, 0) is 11.3 Å². The number of amides is 1. The van der Waals surface area contributed by atoms with Gasteiger partial charge in [-0.25, -0.2) is 19.6 Å². The summed E-state index contributed by atoms with van der Waals surface area (Å²) in [4.78, 5) is 28.4. The second kappa shape index (κ2) is 6.03. The van der Waals surface area contributed by atoms with Gasteiger partial charge in [-0.2, -0.15) is 0 Å². The fourth-order valence-electron chi connectivity index (χ4n) is 2.78. The number of thiazole rings is 1. The van der Waals surface area contributed by atoms with Crippen molar-refractivity contribution in [2.75, 3.05) is 23.3 Å². The van der Waals surface area contributed by atoms with Gasteiger partial charge in [-0.3, -0.25) is 4.79 Å². The third-order valence-corrected chi connectivity index (χ3v) is 5.38. The van der Waals surface area contributed by atoms with E-state index < -0.39 is 0 Å². The molecule has 1 aliphatic rings. The molecule has 0 atom stereocenters. The van der Waals surface area contributed by atoms with Gasteiger partial charge in [0.25, 0.3) is 0 Å². The molecule has 1 aliphatic heterocycles. The van der Waals surface area contributed by atoms with E-state index in [0.717, 1.165) is 16.4 Å². The SMILES string of the molecule is CCn1nnc2c(N3CC(C(=O)Nc4nc(C)c(C)s4)C3)ncnc21. The van der Waals surface area contributed by atoms with Gasteiger partial charge in [0, 0.05) is 24.5 Å². The van der Waals surface area contributed by atoms with Gasteiger partial charge in [0.15, 0.2) is 22.1 Å². The minimum absolute atomic E-state index is 0.00693. The highest BCUT2D eigenvalue weighted by Crippen LogP contribution is 2.29. The molecule has 10 heteroatoms. The Bertz CT molecular complexity index is 923. The number of rotatable bonds is 4. The molecule has 3 aromatic heterocycles. The summed E-state index contributed by atoms with van der Waals surface area (Å²) in [6, 6.07) is 0. The van der Waals surface area contributed by atoms with E-state index >= 15 is 0 Å². The van der Waals surface area contributed by atoms with Crippen molar-refractivity contribution in [2.24, 2.45) is 5.92 Å². The van der Waals surface area contributed by atoms with E-state index in [0.29, 0.717) is 35.9 Å². The quantitative estimate of drug-likeness (QED) is 0.752. The molecule has 4 heterocycles. The van der Waals surface area contributed by atoms with Crippen LogP contribution in [0.2, 0.25) is 0 Å². The largest absolute Gasteiger partial charge is 0.353 e. The zero-order valence-electron chi connectivity index (χ0n) is 14.2. The molecular formula is C15H18N8OS. The van der Waals surface area contributed by atoms with Crippen molar-refractivity contribution in [3.63, 3.8) is 0 Å². The number of carbonyl (C=O) groups is 1. The van der Waals surface area contributed by atoms with Gasteiger partial charge >= 0.3 is 0 Å². The summed E-state index contributed by atoms with van der Waals surface area (Å²) >= 11 is 1.50. The number of anilines is 2. The lowest BCUT2D eigenvalue weighted by Gasteiger charge is -2.38. The van der Waals surface area contributed by atoms with Crippen LogP contribution in [0.15, 0.2) is 6.33 Å². The van der Waals surface area contributed by atoms with E-state index in [4.69, 9.17) is 0 Å². The Kier molecular flexibility index (Phi) is 3.83. The Hall–Kier alpha value is -2.62. The van der Waals surface area contributed by atoms with Gasteiger partial charge in [-0.05, 0) is 20.8 Å². The van der Waals surface area contributed by atoms with E-state index in [-0.39, 0.29) is 11.8 Å². The average molecular weight is 358 g/mol. The molecule has 130 valence electrons. The molecule has 0 aromatic carbocycles. The van der Waals surface area contributed by atoms with Crippen molar-refractivity contribution < 1.29 is 4.79 Å². The summed E-state index contributed by atoms with van der Waals surface area (Å²) in [5.74, 6) is 0.637. The second-order valence-electron chi connectivity index (χ2n) is 6.03. The van der Waals surface area contributed by atoms with Crippen LogP contribution in [0.5, 0.6) is 0 Å². The number of fused-ring (bicyclic) bond motifs is 1. The molecule has 9 nitrogen and oxygen atoms in total. The molecule has 1 amide bonds. The molecule has 0 unspecified atom stereocenters. The Balaban J connectivity index is 1.45. The van der Waals surface area contributed by atoms with E-state index in [2.05, 4.69) is 30.6 Å². The molecule has 4 rings (SSSR count). The van der Waals surface area contributed by atoms with Crippen LogP contribution in [-0.4, -0.2) is 48.9 Å². The fourth-order valence-corrected chi connectivity index (χ4v) is 3.59. The van der Waals surface area contributed by atoms with Gasteiger partial charge in [0.05, 0.1) is 11.6 Å². The minimum atomic E-state index is -0.0873. The first-order chi connectivity index (χ1) is 12.1. The third kappa shape index (κ3) is 2.72. The number of hydrogen-bond acceptors (Lipinski definition) is 8. The molecule has 3 aromatic rings. The molecule has 1 N–H and O–H groups in total. The summed E-state index contributed by atoms with van der Waals surface area (Å²) in [6.45, 7) is 7.82. The topological polar surface area (TPSA) is 102 Å². The number of nitrogens with one attached hydrogen (secondary N) is 1. The van der Waals surface area contributed by atoms with E-state index in [1.165, 1.54) is 17.7 Å². The summed E-state index contributed by atoms with van der Waals surface area (Å²) in [5.41, 5.74) is 2.35. The molecule has 0 radical (unpaired) electrons. The summed E-state index contributed by atoms with van der Waals surface area (Å²) < 4.78 is 1.73. The molecule has 0 aliphatic carbocycles. The highest BCUT2D eigenvalue weighted by Gasteiger charge is 2.35. The predicted octanol–water partition coefficient (Wildman–Crippen LogP) is 1.39. The average Bonchev–Trinajstić information content (AvgIpc) is 3.09. The van der Waals surface area contributed by atoms with Crippen LogP contribution in [0.4, 0.5) is 10.9 Å². The van der Waals surface area contributed by atoms with Gasteiger partial charge in [0.2, 0.25) is 5.91 Å². The Morgan fingerprint density at radius 3 is 2.84 bits per heavy atom. The van der Waals surface area contributed by atoms with Gasteiger partial charge in [-0.15, -0.1) is 16.4 Å². The van der Waals surface area contributed by atoms with Gasteiger partial charge in [0.1, 0.15) is 6.33 Å². The van der Waals surface area contributed by atoms with Crippen molar-refractivity contribution in [1.82, 2.24) is 29.9 Å². The van der Waals surface area contributed by atoms with Crippen molar-refractivity contribution in [3.8, 4) is 0 Å².